The zero-order valence-corrected chi connectivity index (χ0v) is 10.3. The summed E-state index contributed by atoms with van der Waals surface area (Å²) in [5.74, 6) is 0.0455. The number of carbonyl (C=O) groups excluding carboxylic acids is 2. The van der Waals surface area contributed by atoms with Crippen LogP contribution in [-0.2, 0) is 9.59 Å². The number of nitrogens with zero attached hydrogens (tertiary/aromatic N) is 1. The van der Waals surface area contributed by atoms with E-state index in [0.717, 1.165) is 19.3 Å². The van der Waals surface area contributed by atoms with Crippen LogP contribution in [0.4, 0.5) is 0 Å². The van der Waals surface area contributed by atoms with E-state index in [2.05, 4.69) is 5.32 Å². The first-order valence-electron chi connectivity index (χ1n) is 6.47. The number of hydrogen-bond donors (Lipinski definition) is 2. The second-order valence-corrected chi connectivity index (χ2v) is 5.08. The van der Waals surface area contributed by atoms with Crippen molar-refractivity contribution in [2.24, 2.45) is 5.73 Å². The fourth-order valence-electron chi connectivity index (χ4n) is 2.32. The molecule has 2 atom stereocenters. The Morgan fingerprint density at radius 3 is 2.88 bits per heavy atom. The van der Waals surface area contributed by atoms with Crippen LogP contribution < -0.4 is 11.1 Å². The standard InChI is InChI=1S/C12H21N3O2/c1-2-3-10(13)12(17)14-8-6-11(16)15(7-8)9-4-5-9/h8-10H,2-7,13H2,1H3,(H,14,17). The fourth-order valence-corrected chi connectivity index (χ4v) is 2.32. The van der Waals surface area contributed by atoms with Crippen molar-refractivity contribution in [1.29, 1.82) is 0 Å². The maximum absolute atomic E-state index is 11.7. The Labute approximate surface area is 102 Å². The Morgan fingerprint density at radius 1 is 1.59 bits per heavy atom. The minimum atomic E-state index is -0.440. The van der Waals surface area contributed by atoms with E-state index >= 15 is 0 Å². The van der Waals surface area contributed by atoms with Gasteiger partial charge in [0.15, 0.2) is 0 Å². The van der Waals surface area contributed by atoms with E-state index in [1.54, 1.807) is 0 Å². The highest BCUT2D eigenvalue weighted by Gasteiger charge is 2.39. The van der Waals surface area contributed by atoms with E-state index in [4.69, 9.17) is 5.73 Å². The number of amides is 2. The van der Waals surface area contributed by atoms with Crippen LogP contribution in [0.3, 0.4) is 0 Å². The lowest BCUT2D eigenvalue weighted by Gasteiger charge is -2.17. The lowest BCUT2D eigenvalue weighted by atomic mass is 10.1. The zero-order valence-electron chi connectivity index (χ0n) is 10.3. The number of carbonyl (C=O) groups is 2. The molecule has 2 amide bonds. The summed E-state index contributed by atoms with van der Waals surface area (Å²) in [6.45, 7) is 2.66. The van der Waals surface area contributed by atoms with Crippen molar-refractivity contribution in [3.05, 3.63) is 0 Å². The Morgan fingerprint density at radius 2 is 2.29 bits per heavy atom. The van der Waals surface area contributed by atoms with E-state index in [1.165, 1.54) is 0 Å². The predicted octanol–water partition coefficient (Wildman–Crippen LogP) is -0.00670. The van der Waals surface area contributed by atoms with Gasteiger partial charge < -0.3 is 16.0 Å². The molecule has 2 unspecified atom stereocenters. The first-order valence-corrected chi connectivity index (χ1v) is 6.47. The lowest BCUT2D eigenvalue weighted by Crippen LogP contribution is -2.46. The highest BCUT2D eigenvalue weighted by molar-refractivity contribution is 5.84. The molecule has 1 heterocycles. The first-order chi connectivity index (χ1) is 8.11. The smallest absolute Gasteiger partial charge is 0.237 e. The third kappa shape index (κ3) is 2.97. The molecule has 17 heavy (non-hydrogen) atoms. The Balaban J connectivity index is 1.80. The molecule has 2 rings (SSSR count). The lowest BCUT2D eigenvalue weighted by molar-refractivity contribution is -0.128. The van der Waals surface area contributed by atoms with Gasteiger partial charge in [0.05, 0.1) is 12.1 Å². The molecule has 96 valence electrons. The molecule has 5 heteroatoms. The molecule has 1 saturated carbocycles. The highest BCUT2D eigenvalue weighted by atomic mass is 16.2. The van der Waals surface area contributed by atoms with E-state index in [0.29, 0.717) is 25.4 Å². The number of hydrogen-bond acceptors (Lipinski definition) is 3. The summed E-state index contributed by atoms with van der Waals surface area (Å²) in [4.78, 5) is 25.3. The molecule has 5 nitrogen and oxygen atoms in total. The molecular formula is C12H21N3O2. The van der Waals surface area contributed by atoms with Gasteiger partial charge in [-0.15, -0.1) is 0 Å². The van der Waals surface area contributed by atoms with Gasteiger partial charge in [-0.25, -0.2) is 0 Å². The molecule has 2 aliphatic rings. The maximum atomic E-state index is 11.7. The van der Waals surface area contributed by atoms with Crippen molar-refractivity contribution in [3.63, 3.8) is 0 Å². The Kier molecular flexibility index (Phi) is 3.66. The molecule has 0 aromatic rings. The molecule has 0 spiro atoms. The van der Waals surface area contributed by atoms with Gasteiger partial charge in [-0.3, -0.25) is 9.59 Å². The first kappa shape index (κ1) is 12.4. The van der Waals surface area contributed by atoms with E-state index in [9.17, 15) is 9.59 Å². The minimum Gasteiger partial charge on any atom is -0.350 e. The van der Waals surface area contributed by atoms with Crippen molar-refractivity contribution < 1.29 is 9.59 Å². The summed E-state index contributed by atoms with van der Waals surface area (Å²) in [5, 5.41) is 2.88. The quantitative estimate of drug-likeness (QED) is 0.708. The molecule has 1 saturated heterocycles. The Hall–Kier alpha value is -1.10. The van der Waals surface area contributed by atoms with Gasteiger partial charge >= 0.3 is 0 Å². The largest absolute Gasteiger partial charge is 0.350 e. The van der Waals surface area contributed by atoms with Crippen molar-refractivity contribution in [1.82, 2.24) is 10.2 Å². The minimum absolute atomic E-state index is 0.0430. The van der Waals surface area contributed by atoms with Gasteiger partial charge in [0.25, 0.3) is 0 Å². The van der Waals surface area contributed by atoms with Crippen LogP contribution in [0.1, 0.15) is 39.0 Å². The van der Waals surface area contributed by atoms with Gasteiger partial charge in [0.1, 0.15) is 0 Å². The average molecular weight is 239 g/mol. The number of nitrogens with one attached hydrogen (secondary N) is 1. The van der Waals surface area contributed by atoms with Crippen molar-refractivity contribution in [2.75, 3.05) is 6.54 Å². The van der Waals surface area contributed by atoms with E-state index in [1.807, 2.05) is 11.8 Å². The van der Waals surface area contributed by atoms with E-state index in [-0.39, 0.29) is 17.9 Å². The topological polar surface area (TPSA) is 75.4 Å². The van der Waals surface area contributed by atoms with Crippen molar-refractivity contribution >= 4 is 11.8 Å². The summed E-state index contributed by atoms with van der Waals surface area (Å²) >= 11 is 0. The molecule has 0 aromatic carbocycles. The third-order valence-corrected chi connectivity index (χ3v) is 3.43. The van der Waals surface area contributed by atoms with Crippen molar-refractivity contribution in [3.8, 4) is 0 Å². The van der Waals surface area contributed by atoms with Gasteiger partial charge in [-0.2, -0.15) is 0 Å². The molecular weight excluding hydrogens is 218 g/mol. The van der Waals surface area contributed by atoms with Gasteiger partial charge in [0.2, 0.25) is 11.8 Å². The third-order valence-electron chi connectivity index (χ3n) is 3.43. The summed E-state index contributed by atoms with van der Waals surface area (Å²) in [6.07, 6.45) is 4.25. The highest BCUT2D eigenvalue weighted by Crippen LogP contribution is 2.30. The monoisotopic (exact) mass is 239 g/mol. The van der Waals surface area contributed by atoms with Crippen LogP contribution in [0.25, 0.3) is 0 Å². The van der Waals surface area contributed by atoms with Crippen LogP contribution in [-0.4, -0.2) is 41.4 Å². The average Bonchev–Trinajstić information content (AvgIpc) is 3.04. The predicted molar refractivity (Wildman–Crippen MR) is 64.2 cm³/mol. The molecule has 1 aliphatic carbocycles. The second-order valence-electron chi connectivity index (χ2n) is 5.08. The second kappa shape index (κ2) is 5.04. The summed E-state index contributed by atoms with van der Waals surface area (Å²) in [7, 11) is 0. The van der Waals surface area contributed by atoms with Crippen LogP contribution >= 0.6 is 0 Å². The molecule has 0 radical (unpaired) electrons. The number of likely N-dealkylation sites (tertiary alicyclic amines) is 1. The molecule has 3 N–H and O–H groups in total. The normalized spacial score (nSPS) is 26.1. The SMILES string of the molecule is CCCC(N)C(=O)NC1CC(=O)N(C2CC2)C1. The van der Waals surface area contributed by atoms with Crippen molar-refractivity contribution in [2.45, 2.75) is 57.2 Å². The van der Waals surface area contributed by atoms with E-state index < -0.39 is 6.04 Å². The zero-order chi connectivity index (χ0) is 12.4. The number of nitrogens with two attached hydrogens (primary N) is 1. The maximum Gasteiger partial charge on any atom is 0.237 e. The van der Waals surface area contributed by atoms with Crippen LogP contribution in [0.2, 0.25) is 0 Å². The summed E-state index contributed by atoms with van der Waals surface area (Å²) in [6, 6.07) is -0.0442. The molecule has 0 bridgehead atoms. The van der Waals surface area contributed by atoms with Gasteiger partial charge in [-0.05, 0) is 19.3 Å². The Bertz CT molecular complexity index is 315. The van der Waals surface area contributed by atoms with Crippen LogP contribution in [0.5, 0.6) is 0 Å². The summed E-state index contributed by atoms with van der Waals surface area (Å²) < 4.78 is 0. The van der Waals surface area contributed by atoms with Crippen LogP contribution in [0.15, 0.2) is 0 Å². The van der Waals surface area contributed by atoms with Crippen LogP contribution in [0, 0.1) is 0 Å². The molecule has 1 aliphatic heterocycles. The molecule has 2 fully saturated rings. The summed E-state index contributed by atoms with van der Waals surface area (Å²) in [5.41, 5.74) is 5.74. The van der Waals surface area contributed by atoms with Gasteiger partial charge in [-0.1, -0.05) is 13.3 Å². The number of rotatable bonds is 5. The molecule has 0 aromatic heterocycles. The fraction of sp³-hybridized carbons (Fsp3) is 0.833. The van der Waals surface area contributed by atoms with Gasteiger partial charge in [0, 0.05) is 19.0 Å².